The van der Waals surface area contributed by atoms with Crippen molar-refractivity contribution in [2.75, 3.05) is 0 Å². The van der Waals surface area contributed by atoms with Gasteiger partial charge in [0, 0.05) is 24.4 Å². The van der Waals surface area contributed by atoms with Gasteiger partial charge in [-0.25, -0.2) is 4.52 Å². The van der Waals surface area contributed by atoms with Gasteiger partial charge in [-0.05, 0) is 0 Å². The van der Waals surface area contributed by atoms with Crippen molar-refractivity contribution in [1.82, 2.24) is 9.61 Å². The van der Waals surface area contributed by atoms with Gasteiger partial charge in [0.05, 0.1) is 5.52 Å². The fraction of sp³-hybridized carbons (Fsp3) is 0.125. The van der Waals surface area contributed by atoms with E-state index < -0.39 is 27.3 Å². The topological polar surface area (TPSA) is 60.7 Å². The van der Waals surface area contributed by atoms with Gasteiger partial charge in [0.15, 0.2) is 0 Å². The van der Waals surface area contributed by atoms with Crippen molar-refractivity contribution in [3.63, 3.8) is 0 Å². The van der Waals surface area contributed by atoms with Crippen molar-refractivity contribution in [2.24, 2.45) is 0 Å². The Hall–Kier alpha value is -1.84. The summed E-state index contributed by atoms with van der Waals surface area (Å²) in [6.45, 7) is 0. The lowest BCUT2D eigenvalue weighted by atomic mass is 10.4. The van der Waals surface area contributed by atoms with Crippen molar-refractivity contribution >= 4 is 15.6 Å². The van der Waals surface area contributed by atoms with E-state index in [-0.39, 0.29) is 5.52 Å². The molecular weight excluding hydrogens is 280 g/mol. The third-order valence-corrected chi connectivity index (χ3v) is 2.87. The van der Waals surface area contributed by atoms with E-state index in [4.69, 9.17) is 0 Å². The molecule has 0 aliphatic heterocycles. The molecule has 0 bridgehead atoms. The molecule has 18 heavy (non-hydrogen) atoms. The monoisotopic (exact) mass is 284 g/mol. The molecule has 0 amide bonds. The Bertz CT molecular complexity index is 692. The zero-order valence-electron chi connectivity index (χ0n) is 8.35. The van der Waals surface area contributed by atoms with Crippen molar-refractivity contribution in [3.05, 3.63) is 30.3 Å². The number of fused-ring (bicyclic) bond motifs is 1. The number of nitrogens with zero attached hydrogens (tertiary/aromatic N) is 2. The van der Waals surface area contributed by atoms with Crippen LogP contribution in [0.5, 0.6) is 5.75 Å². The summed E-state index contributed by atoms with van der Waals surface area (Å²) in [4.78, 5) is 0. The smallest absolute Gasteiger partial charge is 0.376 e. The molecular formula is C8H4F4N2O3S. The predicted octanol–water partition coefficient (Wildman–Crippen LogP) is 1.70. The standard InChI is InChI=1S/C8H4F4N2O3S/c9-7-4-5-3-6(1-2-14(5)13-7)17-18(15,16)8(10,11)12/h1-4H. The van der Waals surface area contributed by atoms with Crippen LogP contribution in [0, 0.1) is 5.95 Å². The van der Waals surface area contributed by atoms with Crippen molar-refractivity contribution < 1.29 is 30.2 Å². The molecule has 98 valence electrons. The molecule has 0 saturated carbocycles. The minimum atomic E-state index is -5.74. The summed E-state index contributed by atoms with van der Waals surface area (Å²) in [5, 5.41) is 3.32. The number of hydrogen-bond acceptors (Lipinski definition) is 4. The van der Waals surface area contributed by atoms with Gasteiger partial charge in [0.1, 0.15) is 5.75 Å². The lowest BCUT2D eigenvalue weighted by Gasteiger charge is -2.09. The molecule has 2 heterocycles. The summed E-state index contributed by atoms with van der Waals surface area (Å²) in [5.74, 6) is -1.44. The molecule has 2 aromatic heterocycles. The second kappa shape index (κ2) is 3.83. The average Bonchev–Trinajstić information content (AvgIpc) is 2.54. The van der Waals surface area contributed by atoms with Crippen LogP contribution >= 0.6 is 0 Å². The van der Waals surface area contributed by atoms with Crippen LogP contribution in [0.4, 0.5) is 17.6 Å². The highest BCUT2D eigenvalue weighted by Crippen LogP contribution is 2.27. The fourth-order valence-electron chi connectivity index (χ4n) is 1.17. The molecule has 0 spiro atoms. The van der Waals surface area contributed by atoms with Crippen molar-refractivity contribution in [1.29, 1.82) is 0 Å². The van der Waals surface area contributed by atoms with Gasteiger partial charge in [-0.2, -0.15) is 26.0 Å². The van der Waals surface area contributed by atoms with E-state index in [2.05, 4.69) is 9.28 Å². The maximum absolute atomic E-state index is 12.7. The molecule has 0 unspecified atom stereocenters. The van der Waals surface area contributed by atoms with Gasteiger partial charge in [-0.1, -0.05) is 0 Å². The summed E-state index contributed by atoms with van der Waals surface area (Å²) in [5.41, 5.74) is -5.47. The van der Waals surface area contributed by atoms with Crippen LogP contribution in [0.3, 0.4) is 0 Å². The number of halogens is 4. The summed E-state index contributed by atoms with van der Waals surface area (Å²) < 4.78 is 75.2. The van der Waals surface area contributed by atoms with Crippen LogP contribution in [0.15, 0.2) is 24.4 Å². The highest BCUT2D eigenvalue weighted by molar-refractivity contribution is 7.88. The highest BCUT2D eigenvalue weighted by atomic mass is 32.2. The predicted molar refractivity (Wildman–Crippen MR) is 50.8 cm³/mol. The van der Waals surface area contributed by atoms with E-state index in [9.17, 15) is 26.0 Å². The highest BCUT2D eigenvalue weighted by Gasteiger charge is 2.48. The lowest BCUT2D eigenvalue weighted by molar-refractivity contribution is -0.0500. The van der Waals surface area contributed by atoms with Gasteiger partial charge in [0.25, 0.3) is 0 Å². The fourth-order valence-corrected chi connectivity index (χ4v) is 1.62. The normalized spacial score (nSPS) is 12.9. The average molecular weight is 284 g/mol. The van der Waals surface area contributed by atoms with Crippen LogP contribution in [-0.2, 0) is 10.1 Å². The number of aromatic nitrogens is 2. The first kappa shape index (κ1) is 12.6. The second-order valence-electron chi connectivity index (χ2n) is 3.18. The molecule has 0 aliphatic carbocycles. The van der Waals surface area contributed by atoms with E-state index in [1.54, 1.807) is 0 Å². The Balaban J connectivity index is 2.38. The van der Waals surface area contributed by atoms with Crippen LogP contribution in [-0.4, -0.2) is 23.5 Å². The first-order valence-corrected chi connectivity index (χ1v) is 5.75. The van der Waals surface area contributed by atoms with Gasteiger partial charge >= 0.3 is 15.6 Å². The van der Waals surface area contributed by atoms with E-state index in [0.29, 0.717) is 0 Å². The zero-order chi connectivity index (χ0) is 13.6. The molecule has 2 aromatic rings. The Kier molecular flexibility index (Phi) is 2.69. The first-order chi connectivity index (χ1) is 8.19. The van der Waals surface area contributed by atoms with Gasteiger partial charge in [-0.3, -0.25) is 0 Å². The number of pyridine rings is 1. The minimum absolute atomic E-state index is 0.0578. The molecule has 5 nitrogen and oxygen atoms in total. The summed E-state index contributed by atoms with van der Waals surface area (Å²) in [7, 11) is -5.74. The molecule has 0 atom stereocenters. The van der Waals surface area contributed by atoms with Gasteiger partial charge in [0.2, 0.25) is 5.95 Å². The van der Waals surface area contributed by atoms with Crippen LogP contribution < -0.4 is 4.18 Å². The molecule has 10 heteroatoms. The maximum atomic E-state index is 12.7. The van der Waals surface area contributed by atoms with Crippen LogP contribution in [0.2, 0.25) is 0 Å². The molecule has 0 radical (unpaired) electrons. The van der Waals surface area contributed by atoms with Gasteiger partial charge < -0.3 is 4.18 Å². The second-order valence-corrected chi connectivity index (χ2v) is 4.72. The molecule has 0 N–H and O–H groups in total. The van der Waals surface area contributed by atoms with Crippen LogP contribution in [0.25, 0.3) is 5.52 Å². The van der Waals surface area contributed by atoms with E-state index >= 15 is 0 Å². The molecule has 0 fully saturated rings. The number of hydrogen-bond donors (Lipinski definition) is 0. The largest absolute Gasteiger partial charge is 0.534 e. The Labute approximate surface area is 97.7 Å². The summed E-state index contributed by atoms with van der Waals surface area (Å²) in [6, 6.07) is 2.75. The first-order valence-electron chi connectivity index (χ1n) is 4.35. The van der Waals surface area contributed by atoms with E-state index in [1.165, 1.54) is 0 Å². The molecule has 0 aliphatic rings. The van der Waals surface area contributed by atoms with Crippen LogP contribution in [0.1, 0.15) is 0 Å². The Morgan fingerprint density at radius 3 is 2.56 bits per heavy atom. The minimum Gasteiger partial charge on any atom is -0.376 e. The third kappa shape index (κ3) is 2.23. The van der Waals surface area contributed by atoms with Crippen molar-refractivity contribution in [3.8, 4) is 5.75 Å². The molecule has 0 aromatic carbocycles. The Morgan fingerprint density at radius 2 is 1.94 bits per heavy atom. The molecule has 2 rings (SSSR count). The zero-order valence-corrected chi connectivity index (χ0v) is 9.17. The number of rotatable bonds is 2. The van der Waals surface area contributed by atoms with Gasteiger partial charge in [-0.15, -0.1) is 5.10 Å². The molecule has 0 saturated heterocycles. The van der Waals surface area contributed by atoms with E-state index in [1.807, 2.05) is 0 Å². The number of alkyl halides is 3. The van der Waals surface area contributed by atoms with E-state index in [0.717, 1.165) is 28.9 Å². The van der Waals surface area contributed by atoms with Crippen molar-refractivity contribution in [2.45, 2.75) is 5.51 Å². The third-order valence-electron chi connectivity index (χ3n) is 1.89. The lowest BCUT2D eigenvalue weighted by Crippen LogP contribution is -2.28. The summed E-state index contributed by atoms with van der Waals surface area (Å²) in [6.07, 6.45) is 1.07. The maximum Gasteiger partial charge on any atom is 0.534 e. The quantitative estimate of drug-likeness (QED) is 0.478. The summed E-state index contributed by atoms with van der Waals surface area (Å²) >= 11 is 0. The Morgan fingerprint density at radius 1 is 1.28 bits per heavy atom. The SMILES string of the molecule is O=S(=O)(Oc1ccn2nc(F)cc2c1)C(F)(F)F.